The summed E-state index contributed by atoms with van der Waals surface area (Å²) in [5, 5.41) is 1.17. The second kappa shape index (κ2) is 9.56. The molecule has 3 rings (SSSR count). The number of nitrogens with zero attached hydrogens (tertiary/aromatic N) is 3. The van der Waals surface area contributed by atoms with Crippen molar-refractivity contribution in [3.63, 3.8) is 0 Å². The topological polar surface area (TPSA) is 55.2 Å². The number of amides is 1. The first-order valence-corrected chi connectivity index (χ1v) is 11.2. The molecule has 0 aliphatic rings. The Hall–Kier alpha value is -1.87. The second-order valence-corrected chi connectivity index (χ2v) is 8.48. The highest BCUT2D eigenvalue weighted by Gasteiger charge is 2.16. The van der Waals surface area contributed by atoms with Gasteiger partial charge in [0.05, 0.1) is 23.2 Å². The molecule has 0 saturated heterocycles. The molecule has 0 spiro atoms. The minimum absolute atomic E-state index is 0.0539. The summed E-state index contributed by atoms with van der Waals surface area (Å²) in [6, 6.07) is 15.5. The number of aromatic nitrogens is 2. The molecule has 3 aromatic rings. The van der Waals surface area contributed by atoms with Gasteiger partial charge in [-0.2, -0.15) is 0 Å². The van der Waals surface area contributed by atoms with Crippen LogP contribution in [0.3, 0.4) is 0 Å². The molecule has 1 amide bonds. The smallest absolute Gasteiger partial charge is 0.262 e. The summed E-state index contributed by atoms with van der Waals surface area (Å²) in [5.41, 5.74) is 1.60. The third-order valence-electron chi connectivity index (χ3n) is 4.51. The van der Waals surface area contributed by atoms with Crippen LogP contribution in [-0.2, 0) is 11.3 Å². The highest BCUT2D eigenvalue weighted by atomic mass is 127. The predicted octanol–water partition coefficient (Wildman–Crippen LogP) is 4.01. The quantitative estimate of drug-likeness (QED) is 0.276. The highest BCUT2D eigenvalue weighted by molar-refractivity contribution is 14.1. The molecule has 1 aromatic heterocycles. The van der Waals surface area contributed by atoms with Crippen molar-refractivity contribution in [2.45, 2.75) is 25.5 Å². The number of carbonyl (C=O) groups is 1. The van der Waals surface area contributed by atoms with Crippen molar-refractivity contribution in [1.82, 2.24) is 14.5 Å². The Morgan fingerprint density at radius 2 is 1.86 bits per heavy atom. The largest absolute Gasteiger partial charge is 0.343 e. The zero-order chi connectivity index (χ0) is 20.1. The van der Waals surface area contributed by atoms with Crippen LogP contribution in [0.15, 0.2) is 58.5 Å². The molecule has 7 heteroatoms. The van der Waals surface area contributed by atoms with Gasteiger partial charge in [0.25, 0.3) is 5.56 Å². The Balaban J connectivity index is 2.01. The summed E-state index contributed by atoms with van der Waals surface area (Å²) in [7, 11) is 0. The summed E-state index contributed by atoms with van der Waals surface area (Å²) in [6.45, 7) is 5.71. The van der Waals surface area contributed by atoms with Crippen molar-refractivity contribution in [1.29, 1.82) is 0 Å². The molecule has 0 saturated carbocycles. The number of hydrogen-bond donors (Lipinski definition) is 0. The first-order valence-electron chi connectivity index (χ1n) is 9.18. The van der Waals surface area contributed by atoms with Crippen molar-refractivity contribution < 1.29 is 4.79 Å². The zero-order valence-corrected chi connectivity index (χ0v) is 18.9. The van der Waals surface area contributed by atoms with Crippen LogP contribution >= 0.6 is 34.4 Å². The molecule has 0 atom stereocenters. The van der Waals surface area contributed by atoms with Gasteiger partial charge < -0.3 is 4.90 Å². The number of fused-ring (bicyclic) bond motifs is 1. The van der Waals surface area contributed by atoms with E-state index in [2.05, 4.69) is 22.6 Å². The van der Waals surface area contributed by atoms with Crippen molar-refractivity contribution in [3.8, 4) is 0 Å². The van der Waals surface area contributed by atoms with Crippen molar-refractivity contribution in [2.75, 3.05) is 18.8 Å². The van der Waals surface area contributed by atoms with Gasteiger partial charge in [-0.3, -0.25) is 14.2 Å². The summed E-state index contributed by atoms with van der Waals surface area (Å²) in [4.78, 5) is 32.1. The minimum Gasteiger partial charge on any atom is -0.343 e. The second-order valence-electron chi connectivity index (χ2n) is 6.29. The van der Waals surface area contributed by atoms with Gasteiger partial charge in [0.15, 0.2) is 5.16 Å². The lowest BCUT2D eigenvalue weighted by molar-refractivity contribution is -0.127. The van der Waals surface area contributed by atoms with Crippen LogP contribution in [0, 0.1) is 3.57 Å². The van der Waals surface area contributed by atoms with E-state index in [1.165, 1.54) is 11.8 Å². The molecule has 1 heterocycles. The van der Waals surface area contributed by atoms with E-state index in [1.54, 1.807) is 9.47 Å². The summed E-state index contributed by atoms with van der Waals surface area (Å²) in [5.74, 6) is 0.317. The van der Waals surface area contributed by atoms with Crippen molar-refractivity contribution in [2.24, 2.45) is 0 Å². The number of benzene rings is 2. The van der Waals surface area contributed by atoms with E-state index in [4.69, 9.17) is 4.98 Å². The minimum atomic E-state index is -0.0786. The Morgan fingerprint density at radius 1 is 1.14 bits per heavy atom. The van der Waals surface area contributed by atoms with E-state index in [9.17, 15) is 9.59 Å². The average Bonchev–Trinajstić information content (AvgIpc) is 2.71. The Morgan fingerprint density at radius 3 is 2.54 bits per heavy atom. The fourth-order valence-electron chi connectivity index (χ4n) is 2.98. The van der Waals surface area contributed by atoms with E-state index >= 15 is 0 Å². The lowest BCUT2D eigenvalue weighted by atomic mass is 10.2. The Bertz CT molecular complexity index is 1030. The lowest BCUT2D eigenvalue weighted by Gasteiger charge is -2.19. The van der Waals surface area contributed by atoms with E-state index < -0.39 is 0 Å². The molecule has 0 aliphatic carbocycles. The zero-order valence-electron chi connectivity index (χ0n) is 15.9. The van der Waals surface area contributed by atoms with Crippen LogP contribution in [-0.4, -0.2) is 39.2 Å². The highest BCUT2D eigenvalue weighted by Crippen LogP contribution is 2.21. The first-order chi connectivity index (χ1) is 13.5. The monoisotopic (exact) mass is 507 g/mol. The average molecular weight is 507 g/mol. The summed E-state index contributed by atoms with van der Waals surface area (Å²) < 4.78 is 2.67. The van der Waals surface area contributed by atoms with Crippen LogP contribution in [0.25, 0.3) is 10.9 Å². The van der Waals surface area contributed by atoms with Crippen LogP contribution in [0.4, 0.5) is 0 Å². The summed E-state index contributed by atoms with van der Waals surface area (Å²) >= 11 is 3.52. The molecule has 5 nitrogen and oxygen atoms in total. The summed E-state index contributed by atoms with van der Waals surface area (Å²) in [6.07, 6.45) is 0. The molecule has 0 radical (unpaired) electrons. The van der Waals surface area contributed by atoms with E-state index in [0.717, 1.165) is 9.13 Å². The molecule has 146 valence electrons. The van der Waals surface area contributed by atoms with Crippen LogP contribution in [0.1, 0.15) is 19.4 Å². The normalized spacial score (nSPS) is 11.0. The molecule has 0 N–H and O–H groups in total. The molecule has 0 aliphatic heterocycles. The maximum atomic E-state index is 13.2. The molecule has 28 heavy (non-hydrogen) atoms. The van der Waals surface area contributed by atoms with Crippen LogP contribution < -0.4 is 5.56 Å². The van der Waals surface area contributed by atoms with Crippen LogP contribution in [0.5, 0.6) is 0 Å². The SMILES string of the molecule is CCN(CC)C(=O)CSc1nc2ccc(I)cc2c(=O)n1Cc1ccccc1. The third kappa shape index (κ3) is 4.75. The Kier molecular flexibility index (Phi) is 7.12. The number of thioether (sulfide) groups is 1. The molecular weight excluding hydrogens is 485 g/mol. The predicted molar refractivity (Wildman–Crippen MR) is 123 cm³/mol. The molecule has 0 unspecified atom stereocenters. The number of rotatable bonds is 7. The van der Waals surface area contributed by atoms with E-state index in [0.29, 0.717) is 35.7 Å². The maximum absolute atomic E-state index is 13.2. The number of hydrogen-bond acceptors (Lipinski definition) is 4. The van der Waals surface area contributed by atoms with Gasteiger partial charge in [-0.25, -0.2) is 4.98 Å². The van der Waals surface area contributed by atoms with Gasteiger partial charge in [-0.15, -0.1) is 0 Å². The van der Waals surface area contributed by atoms with Crippen molar-refractivity contribution >= 4 is 51.2 Å². The molecule has 0 fully saturated rings. The first kappa shape index (κ1) is 20.9. The van der Waals surface area contributed by atoms with Crippen molar-refractivity contribution in [3.05, 3.63) is 68.0 Å². The third-order valence-corrected chi connectivity index (χ3v) is 6.14. The fraction of sp³-hybridized carbons (Fsp3) is 0.286. The van der Waals surface area contributed by atoms with Gasteiger partial charge in [-0.1, -0.05) is 42.1 Å². The molecule has 2 aromatic carbocycles. The van der Waals surface area contributed by atoms with Crippen LogP contribution in [0.2, 0.25) is 0 Å². The molecular formula is C21H22IN3O2S. The van der Waals surface area contributed by atoms with Gasteiger partial charge in [0.2, 0.25) is 5.91 Å². The fourth-order valence-corrected chi connectivity index (χ4v) is 4.37. The van der Waals surface area contributed by atoms with Gasteiger partial charge in [0.1, 0.15) is 0 Å². The molecule has 0 bridgehead atoms. The number of carbonyl (C=O) groups excluding carboxylic acids is 1. The lowest BCUT2D eigenvalue weighted by Crippen LogP contribution is -2.32. The van der Waals surface area contributed by atoms with Gasteiger partial charge in [0, 0.05) is 16.7 Å². The van der Waals surface area contributed by atoms with E-state index in [-0.39, 0.29) is 17.2 Å². The van der Waals surface area contributed by atoms with Gasteiger partial charge >= 0.3 is 0 Å². The van der Waals surface area contributed by atoms with E-state index in [1.807, 2.05) is 62.4 Å². The maximum Gasteiger partial charge on any atom is 0.262 e. The van der Waals surface area contributed by atoms with Gasteiger partial charge in [-0.05, 0) is 60.2 Å². The standard InChI is InChI=1S/C21H22IN3O2S/c1-3-24(4-2)19(26)14-28-21-23-18-11-10-16(22)12-17(18)20(27)25(21)13-15-8-6-5-7-9-15/h5-12H,3-4,13-14H2,1-2H3. The number of halogens is 1. The Labute approximate surface area is 182 Å².